The zero-order valence-electron chi connectivity index (χ0n) is 7.05. The molecule has 0 aliphatic heterocycles. The Morgan fingerprint density at radius 3 is 2.25 bits per heavy atom. The fourth-order valence-corrected chi connectivity index (χ4v) is 0.849. The summed E-state index contributed by atoms with van der Waals surface area (Å²) in [7, 11) is 0. The van der Waals surface area contributed by atoms with Crippen molar-refractivity contribution in [2.24, 2.45) is 22.4 Å². The number of hydrogen-bond donors (Lipinski definition) is 4. The van der Waals surface area contributed by atoms with E-state index in [4.69, 9.17) is 17.2 Å². The van der Waals surface area contributed by atoms with Gasteiger partial charge < -0.3 is 22.3 Å². The van der Waals surface area contributed by atoms with Gasteiger partial charge in [-0.25, -0.2) is 0 Å². The Bertz CT molecular complexity index is 142. The maximum atomic E-state index is 10.1. The molecule has 0 fully saturated rings. The second kappa shape index (κ2) is 5.15. The molecule has 0 aromatic carbocycles. The molecule has 0 aliphatic carbocycles. The zero-order chi connectivity index (χ0) is 9.72. The predicted octanol–water partition coefficient (Wildman–Crippen LogP) is -1.88. The highest BCUT2D eigenvalue weighted by Crippen LogP contribution is 2.02. The van der Waals surface area contributed by atoms with E-state index in [0.717, 1.165) is 0 Å². The smallest absolute Gasteiger partial charge is 0.122 e. The lowest BCUT2D eigenvalue weighted by molar-refractivity contribution is 0.113. The lowest BCUT2D eigenvalue weighted by atomic mass is 9.99. The molecule has 0 heterocycles. The standard InChI is InChI=1S/C6H16N4O2/c1-3(8)6(11)5(9)4(2-7)10-12/h3-6,11H,2,7-9H2,1H3. The first-order chi connectivity index (χ1) is 5.54. The summed E-state index contributed by atoms with van der Waals surface area (Å²) < 4.78 is 0. The van der Waals surface area contributed by atoms with Crippen LogP contribution in [0, 0.1) is 4.91 Å². The van der Waals surface area contributed by atoms with Crippen molar-refractivity contribution in [1.82, 2.24) is 0 Å². The van der Waals surface area contributed by atoms with Crippen LogP contribution >= 0.6 is 0 Å². The van der Waals surface area contributed by atoms with E-state index in [2.05, 4.69) is 5.18 Å². The van der Waals surface area contributed by atoms with Crippen LogP contribution in [0.5, 0.6) is 0 Å². The Balaban J connectivity index is 4.14. The van der Waals surface area contributed by atoms with Crippen LogP contribution in [0.3, 0.4) is 0 Å². The van der Waals surface area contributed by atoms with Gasteiger partial charge in [-0.05, 0) is 6.92 Å². The van der Waals surface area contributed by atoms with Crippen molar-refractivity contribution in [3.63, 3.8) is 0 Å². The van der Waals surface area contributed by atoms with Crippen molar-refractivity contribution < 1.29 is 5.11 Å². The summed E-state index contributed by atoms with van der Waals surface area (Å²) in [6, 6.07) is -2.05. The molecule has 0 saturated carbocycles. The summed E-state index contributed by atoms with van der Waals surface area (Å²) in [6.07, 6.45) is -0.948. The number of nitrogens with zero attached hydrogens (tertiary/aromatic N) is 1. The Morgan fingerprint density at radius 1 is 1.50 bits per heavy atom. The van der Waals surface area contributed by atoms with Gasteiger partial charge in [0.25, 0.3) is 0 Å². The molecule has 4 atom stereocenters. The maximum absolute atomic E-state index is 10.1. The van der Waals surface area contributed by atoms with E-state index in [1.54, 1.807) is 6.92 Å². The average Bonchev–Trinajstić information content (AvgIpc) is 2.05. The Morgan fingerprint density at radius 2 is 2.00 bits per heavy atom. The molecule has 72 valence electrons. The van der Waals surface area contributed by atoms with Crippen molar-refractivity contribution in [2.45, 2.75) is 31.2 Å². The molecule has 0 saturated heterocycles. The molecule has 0 radical (unpaired) electrons. The van der Waals surface area contributed by atoms with Gasteiger partial charge >= 0.3 is 0 Å². The van der Waals surface area contributed by atoms with Gasteiger partial charge in [-0.3, -0.25) is 0 Å². The van der Waals surface area contributed by atoms with Gasteiger partial charge in [0.15, 0.2) is 0 Å². The third kappa shape index (κ3) is 2.82. The largest absolute Gasteiger partial charge is 0.390 e. The van der Waals surface area contributed by atoms with Gasteiger partial charge in [0.05, 0.1) is 12.1 Å². The van der Waals surface area contributed by atoms with E-state index in [0.29, 0.717) is 0 Å². The summed E-state index contributed by atoms with van der Waals surface area (Å²) in [6.45, 7) is 1.62. The Hall–Kier alpha value is -0.560. The Labute approximate surface area is 71.1 Å². The molecule has 7 N–H and O–H groups in total. The number of nitroso groups, excluding NO2 is 1. The minimum atomic E-state index is -0.948. The topological polar surface area (TPSA) is 128 Å². The molecule has 0 amide bonds. The molecule has 0 bridgehead atoms. The molecule has 0 spiro atoms. The number of nitrogens with two attached hydrogens (primary N) is 3. The van der Waals surface area contributed by atoms with Crippen LogP contribution < -0.4 is 17.2 Å². The molecule has 0 aromatic rings. The van der Waals surface area contributed by atoms with Gasteiger partial charge in [-0.1, -0.05) is 5.18 Å². The van der Waals surface area contributed by atoms with Crippen LogP contribution in [-0.2, 0) is 0 Å². The minimum absolute atomic E-state index is 0.0223. The highest BCUT2D eigenvalue weighted by Gasteiger charge is 2.26. The van der Waals surface area contributed by atoms with Gasteiger partial charge in [-0.2, -0.15) is 4.91 Å². The fourth-order valence-electron chi connectivity index (χ4n) is 0.849. The van der Waals surface area contributed by atoms with E-state index in [-0.39, 0.29) is 6.54 Å². The monoisotopic (exact) mass is 176 g/mol. The first kappa shape index (κ1) is 11.4. The van der Waals surface area contributed by atoms with Crippen molar-refractivity contribution in [2.75, 3.05) is 6.54 Å². The van der Waals surface area contributed by atoms with Gasteiger partial charge in [-0.15, -0.1) is 0 Å². The number of aliphatic hydroxyl groups is 1. The SMILES string of the molecule is CC(N)C(O)C(N)C(CN)N=O. The molecule has 12 heavy (non-hydrogen) atoms. The van der Waals surface area contributed by atoms with Gasteiger partial charge in [0, 0.05) is 12.6 Å². The lowest BCUT2D eigenvalue weighted by Crippen LogP contribution is -2.53. The second-order valence-electron chi connectivity index (χ2n) is 2.84. The van der Waals surface area contributed by atoms with Crippen molar-refractivity contribution in [3.8, 4) is 0 Å². The number of hydrogen-bond acceptors (Lipinski definition) is 6. The van der Waals surface area contributed by atoms with E-state index in [1.165, 1.54) is 0 Å². The first-order valence-electron chi connectivity index (χ1n) is 3.76. The molecular formula is C6H16N4O2. The van der Waals surface area contributed by atoms with Crippen molar-refractivity contribution >= 4 is 0 Å². The lowest BCUT2D eigenvalue weighted by Gasteiger charge is -2.24. The van der Waals surface area contributed by atoms with Gasteiger partial charge in [0.1, 0.15) is 6.04 Å². The third-order valence-electron chi connectivity index (χ3n) is 1.75. The molecule has 0 aliphatic rings. The molecule has 6 nitrogen and oxygen atoms in total. The summed E-state index contributed by atoms with van der Waals surface area (Å²) >= 11 is 0. The van der Waals surface area contributed by atoms with Crippen molar-refractivity contribution in [1.29, 1.82) is 0 Å². The van der Waals surface area contributed by atoms with Crippen LogP contribution in [0.25, 0.3) is 0 Å². The first-order valence-corrected chi connectivity index (χ1v) is 3.76. The second-order valence-corrected chi connectivity index (χ2v) is 2.84. The summed E-state index contributed by atoms with van der Waals surface area (Å²) in [5.74, 6) is 0. The summed E-state index contributed by atoms with van der Waals surface area (Å²) in [5, 5.41) is 12.0. The molecule has 4 unspecified atom stereocenters. The predicted molar refractivity (Wildman–Crippen MR) is 46.3 cm³/mol. The van der Waals surface area contributed by atoms with Crippen LogP contribution in [-0.4, -0.2) is 35.9 Å². The fraction of sp³-hybridized carbons (Fsp3) is 1.00. The van der Waals surface area contributed by atoms with E-state index in [1.807, 2.05) is 0 Å². The average molecular weight is 176 g/mol. The summed E-state index contributed by atoms with van der Waals surface area (Å²) in [5.41, 5.74) is 16.0. The summed E-state index contributed by atoms with van der Waals surface area (Å²) in [4.78, 5) is 10.1. The normalized spacial score (nSPS) is 21.1. The quantitative estimate of drug-likeness (QED) is 0.364. The zero-order valence-corrected chi connectivity index (χ0v) is 7.05. The minimum Gasteiger partial charge on any atom is -0.390 e. The van der Waals surface area contributed by atoms with Crippen LogP contribution in [0.15, 0.2) is 5.18 Å². The highest BCUT2D eigenvalue weighted by atomic mass is 16.3. The molecule has 6 heteroatoms. The van der Waals surface area contributed by atoms with Gasteiger partial charge in [0.2, 0.25) is 0 Å². The van der Waals surface area contributed by atoms with E-state index < -0.39 is 24.2 Å². The Kier molecular flexibility index (Phi) is 4.91. The van der Waals surface area contributed by atoms with Crippen LogP contribution in [0.4, 0.5) is 0 Å². The van der Waals surface area contributed by atoms with Crippen LogP contribution in [0.1, 0.15) is 6.92 Å². The molecule has 0 rings (SSSR count). The molecular weight excluding hydrogens is 160 g/mol. The van der Waals surface area contributed by atoms with Crippen molar-refractivity contribution in [3.05, 3.63) is 4.91 Å². The molecule has 0 aromatic heterocycles. The number of aliphatic hydroxyl groups excluding tert-OH is 1. The third-order valence-corrected chi connectivity index (χ3v) is 1.75. The highest BCUT2D eigenvalue weighted by molar-refractivity contribution is 4.89. The number of rotatable bonds is 5. The van der Waals surface area contributed by atoms with E-state index in [9.17, 15) is 10.0 Å². The maximum Gasteiger partial charge on any atom is 0.122 e. The van der Waals surface area contributed by atoms with Crippen LogP contribution in [0.2, 0.25) is 0 Å². The van der Waals surface area contributed by atoms with E-state index >= 15 is 0 Å².